The van der Waals surface area contributed by atoms with Crippen LogP contribution in [0.2, 0.25) is 0 Å². The third-order valence-corrected chi connectivity index (χ3v) is 6.11. The summed E-state index contributed by atoms with van der Waals surface area (Å²) in [5, 5.41) is 3.67. The molecule has 2 saturated heterocycles. The van der Waals surface area contributed by atoms with Gasteiger partial charge in [0.15, 0.2) is 0 Å². The summed E-state index contributed by atoms with van der Waals surface area (Å²) < 4.78 is 1.07. The Morgan fingerprint density at radius 3 is 2.95 bits per heavy atom. The Labute approximate surface area is 129 Å². The number of nitrogens with zero attached hydrogens (tertiary/aromatic N) is 2. The van der Waals surface area contributed by atoms with Crippen LogP contribution in [0.25, 0.3) is 10.2 Å². The van der Waals surface area contributed by atoms with Crippen molar-refractivity contribution in [1.82, 2.24) is 15.2 Å². The highest BCUT2D eigenvalue weighted by atomic mass is 32.2. The molecule has 1 spiro atoms. The second-order valence-electron chi connectivity index (χ2n) is 5.28. The molecule has 3 heterocycles. The summed E-state index contributed by atoms with van der Waals surface area (Å²) in [7, 11) is 0. The number of carbonyl (C=O) groups is 2. The molecule has 0 radical (unpaired) electrons. The lowest BCUT2D eigenvalue weighted by Crippen LogP contribution is -2.46. The number of nitrogens with one attached hydrogen (secondary N) is 1. The van der Waals surface area contributed by atoms with Crippen molar-refractivity contribution < 1.29 is 9.59 Å². The number of aromatic nitrogens is 1. The van der Waals surface area contributed by atoms with Crippen molar-refractivity contribution in [2.45, 2.75) is 18.5 Å². The lowest BCUT2D eigenvalue weighted by molar-refractivity contribution is -0.130. The van der Waals surface area contributed by atoms with E-state index >= 15 is 0 Å². The smallest absolute Gasteiger partial charge is 0.322 e. The van der Waals surface area contributed by atoms with Crippen molar-refractivity contribution in [2.24, 2.45) is 0 Å². The summed E-state index contributed by atoms with van der Waals surface area (Å²) in [4.78, 5) is 30.5. The Bertz CT molecular complexity index is 704. The first kappa shape index (κ1) is 13.1. The summed E-state index contributed by atoms with van der Waals surface area (Å²) >= 11 is 3.24. The van der Waals surface area contributed by atoms with Crippen LogP contribution in [0.1, 0.15) is 11.4 Å². The molecule has 2 aliphatic heterocycles. The van der Waals surface area contributed by atoms with Gasteiger partial charge in [0.1, 0.15) is 10.5 Å². The fraction of sp³-hybridized carbons (Fsp3) is 0.357. The molecule has 2 aliphatic rings. The van der Waals surface area contributed by atoms with E-state index in [9.17, 15) is 9.59 Å². The van der Waals surface area contributed by atoms with Gasteiger partial charge in [-0.15, -0.1) is 11.3 Å². The van der Waals surface area contributed by atoms with Gasteiger partial charge in [0, 0.05) is 5.75 Å². The SMILES string of the molecule is O=C1N[C@]2(CCSC2)C(=O)N1Cc1nc2ccccc2s1. The largest absolute Gasteiger partial charge is 0.325 e. The summed E-state index contributed by atoms with van der Waals surface area (Å²) in [6.45, 7) is 0.260. The van der Waals surface area contributed by atoms with Crippen LogP contribution >= 0.6 is 23.1 Å². The average molecular weight is 319 g/mol. The summed E-state index contributed by atoms with van der Waals surface area (Å²) in [6, 6.07) is 7.54. The van der Waals surface area contributed by atoms with Gasteiger partial charge >= 0.3 is 6.03 Å². The van der Waals surface area contributed by atoms with Crippen molar-refractivity contribution in [1.29, 1.82) is 0 Å². The normalized spacial score (nSPS) is 25.2. The van der Waals surface area contributed by atoms with Crippen LogP contribution in [0.4, 0.5) is 4.79 Å². The topological polar surface area (TPSA) is 62.3 Å². The van der Waals surface area contributed by atoms with Crippen LogP contribution in [0, 0.1) is 0 Å². The van der Waals surface area contributed by atoms with E-state index in [1.54, 1.807) is 11.8 Å². The predicted molar refractivity (Wildman–Crippen MR) is 83.4 cm³/mol. The highest BCUT2D eigenvalue weighted by Crippen LogP contribution is 2.34. The molecule has 1 N–H and O–H groups in total. The number of thioether (sulfide) groups is 1. The van der Waals surface area contributed by atoms with Crippen molar-refractivity contribution >= 4 is 45.3 Å². The number of benzene rings is 1. The monoisotopic (exact) mass is 319 g/mol. The first-order chi connectivity index (χ1) is 10.2. The zero-order valence-corrected chi connectivity index (χ0v) is 12.8. The van der Waals surface area contributed by atoms with Crippen LogP contribution in [0.15, 0.2) is 24.3 Å². The molecular weight excluding hydrogens is 306 g/mol. The van der Waals surface area contributed by atoms with E-state index in [2.05, 4.69) is 10.3 Å². The Morgan fingerprint density at radius 2 is 2.19 bits per heavy atom. The zero-order valence-electron chi connectivity index (χ0n) is 11.2. The summed E-state index contributed by atoms with van der Waals surface area (Å²) in [6.07, 6.45) is 0.721. The molecule has 1 atom stereocenters. The third-order valence-electron chi connectivity index (χ3n) is 3.90. The van der Waals surface area contributed by atoms with Crippen LogP contribution in [0.5, 0.6) is 0 Å². The number of fused-ring (bicyclic) bond motifs is 1. The lowest BCUT2D eigenvalue weighted by Gasteiger charge is -2.18. The maximum atomic E-state index is 12.6. The number of hydrogen-bond donors (Lipinski definition) is 1. The van der Waals surface area contributed by atoms with Gasteiger partial charge in [-0.05, 0) is 24.3 Å². The van der Waals surface area contributed by atoms with E-state index in [4.69, 9.17) is 0 Å². The summed E-state index contributed by atoms with van der Waals surface area (Å²) in [5.74, 6) is 1.49. The molecule has 2 aromatic rings. The highest BCUT2D eigenvalue weighted by molar-refractivity contribution is 7.99. The summed E-state index contributed by atoms with van der Waals surface area (Å²) in [5.41, 5.74) is 0.244. The molecule has 4 rings (SSSR count). The Balaban J connectivity index is 1.61. The fourth-order valence-corrected chi connectivity index (χ4v) is 5.06. The number of hydrogen-bond acceptors (Lipinski definition) is 5. The second-order valence-corrected chi connectivity index (χ2v) is 7.50. The minimum absolute atomic E-state index is 0.100. The van der Waals surface area contributed by atoms with Crippen LogP contribution < -0.4 is 5.32 Å². The third kappa shape index (κ3) is 2.03. The van der Waals surface area contributed by atoms with Gasteiger partial charge in [-0.2, -0.15) is 11.8 Å². The molecule has 0 saturated carbocycles. The molecule has 108 valence electrons. The minimum Gasteiger partial charge on any atom is -0.322 e. The van der Waals surface area contributed by atoms with E-state index in [0.29, 0.717) is 5.75 Å². The van der Waals surface area contributed by atoms with Gasteiger partial charge in [0.2, 0.25) is 0 Å². The number of amides is 3. The molecule has 5 nitrogen and oxygen atoms in total. The van der Waals surface area contributed by atoms with E-state index in [-0.39, 0.29) is 18.5 Å². The van der Waals surface area contributed by atoms with E-state index in [1.165, 1.54) is 16.2 Å². The number of urea groups is 1. The van der Waals surface area contributed by atoms with Gasteiger partial charge in [0.25, 0.3) is 5.91 Å². The molecule has 0 bridgehead atoms. The van der Waals surface area contributed by atoms with Gasteiger partial charge in [0.05, 0.1) is 16.8 Å². The maximum absolute atomic E-state index is 12.6. The first-order valence-electron chi connectivity index (χ1n) is 6.74. The Kier molecular flexibility index (Phi) is 2.93. The maximum Gasteiger partial charge on any atom is 0.325 e. The minimum atomic E-state index is -0.668. The van der Waals surface area contributed by atoms with Crippen molar-refractivity contribution in [3.05, 3.63) is 29.3 Å². The standard InChI is InChI=1S/C14H13N3O2S2/c18-12-14(5-6-20-8-14)16-13(19)17(12)7-11-15-9-3-1-2-4-10(9)21-11/h1-4H,5-8H2,(H,16,19)/t14-/m0/s1. The van der Waals surface area contributed by atoms with Gasteiger partial charge in [-0.25, -0.2) is 9.78 Å². The number of imide groups is 1. The fourth-order valence-electron chi connectivity index (χ4n) is 2.77. The van der Waals surface area contributed by atoms with Gasteiger partial charge < -0.3 is 5.32 Å². The second kappa shape index (κ2) is 4.71. The highest BCUT2D eigenvalue weighted by Gasteiger charge is 2.52. The predicted octanol–water partition coefficient (Wildman–Crippen LogP) is 2.22. The van der Waals surface area contributed by atoms with Gasteiger partial charge in [-0.3, -0.25) is 9.69 Å². The molecular formula is C14H13N3O2S2. The quantitative estimate of drug-likeness (QED) is 0.862. The number of para-hydroxylation sites is 1. The molecule has 1 aromatic heterocycles. The first-order valence-corrected chi connectivity index (χ1v) is 8.71. The van der Waals surface area contributed by atoms with E-state index in [1.807, 2.05) is 24.3 Å². The van der Waals surface area contributed by atoms with Crippen LogP contribution in [-0.2, 0) is 11.3 Å². The van der Waals surface area contributed by atoms with Crippen LogP contribution in [0.3, 0.4) is 0 Å². The zero-order chi connectivity index (χ0) is 14.4. The molecule has 0 aliphatic carbocycles. The van der Waals surface area contributed by atoms with E-state index < -0.39 is 5.54 Å². The van der Waals surface area contributed by atoms with Gasteiger partial charge in [-0.1, -0.05) is 12.1 Å². The van der Waals surface area contributed by atoms with E-state index in [0.717, 1.165) is 27.4 Å². The number of carbonyl (C=O) groups excluding carboxylic acids is 2. The number of rotatable bonds is 2. The Hall–Kier alpha value is -1.60. The molecule has 0 unspecified atom stereocenters. The average Bonchev–Trinajstić information content (AvgIpc) is 3.14. The molecule has 3 amide bonds. The molecule has 21 heavy (non-hydrogen) atoms. The van der Waals surface area contributed by atoms with Crippen molar-refractivity contribution in [2.75, 3.05) is 11.5 Å². The van der Waals surface area contributed by atoms with Crippen molar-refractivity contribution in [3.63, 3.8) is 0 Å². The molecule has 1 aromatic carbocycles. The lowest BCUT2D eigenvalue weighted by atomic mass is 9.99. The Morgan fingerprint density at radius 1 is 1.33 bits per heavy atom. The number of thiazole rings is 1. The molecule has 7 heteroatoms. The molecule has 2 fully saturated rings. The van der Waals surface area contributed by atoms with Crippen molar-refractivity contribution in [3.8, 4) is 0 Å². The van der Waals surface area contributed by atoms with Crippen LogP contribution in [-0.4, -0.2) is 38.9 Å².